The number of ether oxygens (including phenoxy) is 1. The van der Waals surface area contributed by atoms with E-state index in [9.17, 15) is 18.0 Å². The third-order valence-electron chi connectivity index (χ3n) is 6.63. The molecule has 0 radical (unpaired) electrons. The fourth-order valence-electron chi connectivity index (χ4n) is 4.45. The van der Waals surface area contributed by atoms with Crippen molar-refractivity contribution in [1.29, 1.82) is 0 Å². The molecule has 5 rings (SSSR count). The van der Waals surface area contributed by atoms with Crippen LogP contribution in [-0.2, 0) is 21.1 Å². The van der Waals surface area contributed by atoms with Gasteiger partial charge in [-0.25, -0.2) is 18.2 Å². The zero-order valence-electron chi connectivity index (χ0n) is 23.6. The minimum atomic E-state index is -3.51. The van der Waals surface area contributed by atoms with E-state index in [2.05, 4.69) is 10.3 Å². The molecule has 0 saturated heterocycles. The van der Waals surface area contributed by atoms with Crippen LogP contribution < -0.4 is 10.1 Å². The minimum Gasteiger partial charge on any atom is -0.480 e. The van der Waals surface area contributed by atoms with E-state index in [1.165, 1.54) is 35.6 Å². The fourth-order valence-corrected chi connectivity index (χ4v) is 7.04. The molecule has 1 aromatic heterocycles. The smallest absolute Gasteiger partial charge is 0.341 e. The van der Waals surface area contributed by atoms with Crippen LogP contribution >= 0.6 is 34.5 Å². The molecule has 8 nitrogen and oxygen atoms in total. The Labute approximate surface area is 273 Å². The molecule has 1 amide bonds. The van der Waals surface area contributed by atoms with Crippen molar-refractivity contribution in [3.63, 3.8) is 0 Å². The van der Waals surface area contributed by atoms with Crippen molar-refractivity contribution in [2.24, 2.45) is 0 Å². The largest absolute Gasteiger partial charge is 0.480 e. The maximum absolute atomic E-state index is 13.3. The molecule has 0 aliphatic rings. The quantitative estimate of drug-likeness (QED) is 0.137. The lowest BCUT2D eigenvalue weighted by molar-refractivity contribution is -0.139. The molecule has 12 heteroatoms. The van der Waals surface area contributed by atoms with Crippen molar-refractivity contribution in [1.82, 2.24) is 4.98 Å². The van der Waals surface area contributed by atoms with E-state index in [0.717, 1.165) is 26.4 Å². The summed E-state index contributed by atoms with van der Waals surface area (Å²) in [5.74, 6) is -1.50. The topological polar surface area (TPSA) is 123 Å². The molecule has 5 aromatic rings. The number of fused-ring (bicyclic) bond motifs is 1. The first kappa shape index (κ1) is 32.2. The van der Waals surface area contributed by atoms with Crippen LogP contribution in [0.4, 0.5) is 5.69 Å². The highest BCUT2D eigenvalue weighted by Crippen LogP contribution is 2.29. The van der Waals surface area contributed by atoms with Gasteiger partial charge in [-0.05, 0) is 96.8 Å². The number of nitrogens with one attached hydrogen (secondary N) is 1. The summed E-state index contributed by atoms with van der Waals surface area (Å²) in [6, 6.07) is 23.5. The molecule has 0 spiro atoms. The van der Waals surface area contributed by atoms with Gasteiger partial charge >= 0.3 is 5.97 Å². The molecule has 1 heterocycles. The maximum atomic E-state index is 13.3. The van der Waals surface area contributed by atoms with Crippen LogP contribution in [0.15, 0.2) is 89.8 Å². The minimum absolute atomic E-state index is 0.0847. The first-order valence-corrected chi connectivity index (χ1v) is 16.9. The number of hydrogen-bond acceptors (Lipinski definition) is 7. The maximum Gasteiger partial charge on any atom is 0.341 e. The number of carboxylic acids is 1. The Morgan fingerprint density at radius 2 is 1.71 bits per heavy atom. The van der Waals surface area contributed by atoms with E-state index in [1.54, 1.807) is 42.5 Å². The van der Waals surface area contributed by atoms with Crippen molar-refractivity contribution >= 4 is 84.3 Å². The molecule has 0 atom stereocenters. The van der Waals surface area contributed by atoms with E-state index < -0.39 is 28.3 Å². The van der Waals surface area contributed by atoms with Gasteiger partial charge in [0.25, 0.3) is 5.91 Å². The lowest BCUT2D eigenvalue weighted by atomic mass is 10.1. The second kappa shape index (κ2) is 14.3. The van der Waals surface area contributed by atoms with Crippen molar-refractivity contribution in [3.05, 3.63) is 117 Å². The van der Waals surface area contributed by atoms with E-state index in [-0.39, 0.29) is 22.1 Å². The lowest BCUT2D eigenvalue weighted by Gasteiger charge is -2.14. The van der Waals surface area contributed by atoms with E-state index >= 15 is 0 Å². The summed E-state index contributed by atoms with van der Waals surface area (Å²) in [5, 5.41) is 13.8. The molecule has 2 N–H and O–H groups in total. The summed E-state index contributed by atoms with van der Waals surface area (Å²) in [5.41, 5.74) is 3.01. The van der Waals surface area contributed by atoms with Crippen LogP contribution in [0.5, 0.6) is 5.75 Å². The number of aliphatic carboxylic acids is 1. The fraction of sp³-hybridized carbons (Fsp3) is 0.121. The van der Waals surface area contributed by atoms with E-state index in [0.29, 0.717) is 28.5 Å². The second-order valence-electron chi connectivity index (χ2n) is 9.97. The summed E-state index contributed by atoms with van der Waals surface area (Å²) < 4.78 is 31.8. The van der Waals surface area contributed by atoms with Gasteiger partial charge in [0.1, 0.15) is 10.8 Å². The number of hydrogen-bond donors (Lipinski definition) is 2. The number of halogens is 2. The lowest BCUT2D eigenvalue weighted by Crippen LogP contribution is -2.15. The van der Waals surface area contributed by atoms with Gasteiger partial charge in [0.05, 0.1) is 26.6 Å². The molecule has 230 valence electrons. The van der Waals surface area contributed by atoms with Crippen LogP contribution in [0, 0.1) is 0 Å². The number of thiazole rings is 1. The first-order valence-electron chi connectivity index (χ1n) is 13.7. The summed E-state index contributed by atoms with van der Waals surface area (Å²) >= 11 is 13.5. The highest BCUT2D eigenvalue weighted by molar-refractivity contribution is 7.91. The van der Waals surface area contributed by atoms with Crippen molar-refractivity contribution < 1.29 is 27.9 Å². The van der Waals surface area contributed by atoms with Gasteiger partial charge in [-0.3, -0.25) is 4.79 Å². The zero-order valence-corrected chi connectivity index (χ0v) is 26.7. The van der Waals surface area contributed by atoms with E-state index in [4.69, 9.17) is 33.0 Å². The number of anilines is 1. The molecule has 0 aliphatic heterocycles. The number of benzene rings is 4. The number of carbonyl (C=O) groups excluding carboxylic acids is 1. The molecular formula is C33H26Cl2N2O6S2. The van der Waals surface area contributed by atoms with Crippen LogP contribution in [-0.4, -0.2) is 42.7 Å². The van der Waals surface area contributed by atoms with Crippen LogP contribution in [0.2, 0.25) is 10.0 Å². The average molecular weight is 682 g/mol. The average Bonchev–Trinajstić information content (AvgIpc) is 3.42. The number of amides is 1. The highest BCUT2D eigenvalue weighted by atomic mass is 35.5. The van der Waals surface area contributed by atoms with Crippen LogP contribution in [0.3, 0.4) is 0 Å². The summed E-state index contributed by atoms with van der Waals surface area (Å²) in [6.07, 6.45) is 4.44. The Bertz CT molecular complexity index is 2010. The van der Waals surface area contributed by atoms with Gasteiger partial charge in [-0.2, -0.15) is 0 Å². The first-order chi connectivity index (χ1) is 21.6. The number of sulfone groups is 1. The number of aryl methyl sites for hydroxylation is 1. The summed E-state index contributed by atoms with van der Waals surface area (Å²) in [6.45, 7) is -0.597. The highest BCUT2D eigenvalue weighted by Gasteiger charge is 2.16. The predicted octanol–water partition coefficient (Wildman–Crippen LogP) is 7.90. The third kappa shape index (κ3) is 8.70. The Hall–Kier alpha value is -4.22. The normalized spacial score (nSPS) is 11.6. The van der Waals surface area contributed by atoms with Crippen molar-refractivity contribution in [2.75, 3.05) is 17.7 Å². The van der Waals surface area contributed by atoms with E-state index in [1.807, 2.05) is 30.4 Å². The molecule has 0 aliphatic carbocycles. The van der Waals surface area contributed by atoms with Crippen LogP contribution in [0.25, 0.3) is 22.4 Å². The van der Waals surface area contributed by atoms with Gasteiger partial charge in [0, 0.05) is 15.6 Å². The molecule has 0 fully saturated rings. The molecule has 0 unspecified atom stereocenters. The summed E-state index contributed by atoms with van der Waals surface area (Å²) in [4.78, 5) is 29.2. The summed E-state index contributed by atoms with van der Waals surface area (Å²) in [7, 11) is -3.51. The Morgan fingerprint density at radius 3 is 2.49 bits per heavy atom. The predicted molar refractivity (Wildman–Crippen MR) is 179 cm³/mol. The number of aromatic nitrogens is 1. The Balaban J connectivity index is 1.29. The Kier molecular flexibility index (Phi) is 10.2. The zero-order chi connectivity index (χ0) is 32.0. The standard InChI is InChI=1S/C33H26Cl2N2O6S2/c34-24-8-11-26(12-9-24)45(41,42)16-2-4-22-6-14-29(43-20-32(38)39)28(18-22)37-33(40)23-5-1-3-21(17-23)7-15-31-36-27-13-10-25(35)19-30(27)44-31/h1,3,5-15,17-19H,2,4,16,20H2,(H,37,40)(H,38,39)/b15-7+. The number of nitrogens with zero attached hydrogens (tertiary/aromatic N) is 1. The Morgan fingerprint density at radius 1 is 0.933 bits per heavy atom. The second-order valence-corrected chi connectivity index (χ2v) is 14.0. The van der Waals surface area contributed by atoms with Gasteiger partial charge in [-0.1, -0.05) is 47.5 Å². The van der Waals surface area contributed by atoms with Crippen molar-refractivity contribution in [2.45, 2.75) is 17.7 Å². The van der Waals surface area contributed by atoms with Gasteiger partial charge in [0.15, 0.2) is 16.4 Å². The molecule has 4 aromatic carbocycles. The van der Waals surface area contributed by atoms with Crippen LogP contribution in [0.1, 0.15) is 32.9 Å². The van der Waals surface area contributed by atoms with Gasteiger partial charge in [0.2, 0.25) is 0 Å². The number of carboxylic acid groups (broad SMARTS) is 1. The van der Waals surface area contributed by atoms with Gasteiger partial charge < -0.3 is 15.2 Å². The third-order valence-corrected chi connectivity index (χ3v) is 9.92. The number of rotatable bonds is 12. The monoisotopic (exact) mass is 680 g/mol. The number of carbonyl (C=O) groups is 2. The SMILES string of the molecule is O=C(O)COc1ccc(CCCS(=O)(=O)c2ccc(Cl)cc2)cc1NC(=O)c1cccc(/C=C/c2nc3ccc(Cl)cc3s2)c1. The van der Waals surface area contributed by atoms with Crippen molar-refractivity contribution in [3.8, 4) is 5.75 Å². The molecular weight excluding hydrogens is 655 g/mol. The molecule has 0 saturated carbocycles. The molecule has 45 heavy (non-hydrogen) atoms. The molecule has 0 bridgehead atoms. The van der Waals surface area contributed by atoms with Gasteiger partial charge in [-0.15, -0.1) is 11.3 Å².